The zero-order valence-corrected chi connectivity index (χ0v) is 9.68. The maximum atomic E-state index is 11.7. The summed E-state index contributed by atoms with van der Waals surface area (Å²) in [5, 5.41) is 3.11. The summed E-state index contributed by atoms with van der Waals surface area (Å²) in [6, 6.07) is 0.336. The van der Waals surface area contributed by atoms with Crippen molar-refractivity contribution in [2.75, 3.05) is 0 Å². The largest absolute Gasteiger partial charge is 0.353 e. The van der Waals surface area contributed by atoms with E-state index in [9.17, 15) is 4.79 Å². The summed E-state index contributed by atoms with van der Waals surface area (Å²) in [6.07, 6.45) is 5.74. The van der Waals surface area contributed by atoms with Gasteiger partial charge in [0.25, 0.3) is 0 Å². The fourth-order valence-corrected chi connectivity index (χ4v) is 2.31. The average molecular weight is 197 g/mol. The predicted molar refractivity (Wildman–Crippen MR) is 59.0 cm³/mol. The lowest BCUT2D eigenvalue weighted by Crippen LogP contribution is -2.37. The van der Waals surface area contributed by atoms with Crippen molar-refractivity contribution < 1.29 is 4.79 Å². The second kappa shape index (κ2) is 5.38. The van der Waals surface area contributed by atoms with E-state index < -0.39 is 0 Å². The van der Waals surface area contributed by atoms with E-state index in [1.54, 1.807) is 0 Å². The van der Waals surface area contributed by atoms with Gasteiger partial charge < -0.3 is 5.32 Å². The van der Waals surface area contributed by atoms with Crippen LogP contribution in [0.1, 0.15) is 52.9 Å². The molecule has 1 fully saturated rings. The molecule has 0 unspecified atom stereocenters. The molecule has 0 spiro atoms. The van der Waals surface area contributed by atoms with Crippen molar-refractivity contribution in [2.24, 2.45) is 11.8 Å². The van der Waals surface area contributed by atoms with Crippen molar-refractivity contribution in [3.05, 3.63) is 0 Å². The van der Waals surface area contributed by atoms with Crippen LogP contribution >= 0.6 is 0 Å². The van der Waals surface area contributed by atoms with Gasteiger partial charge in [-0.15, -0.1) is 0 Å². The van der Waals surface area contributed by atoms with Crippen LogP contribution in [0.25, 0.3) is 0 Å². The zero-order chi connectivity index (χ0) is 10.6. The number of carbonyl (C=O) groups is 1. The van der Waals surface area contributed by atoms with Gasteiger partial charge in [-0.1, -0.05) is 26.7 Å². The van der Waals surface area contributed by atoms with Crippen molar-refractivity contribution in [3.8, 4) is 0 Å². The highest BCUT2D eigenvalue weighted by Gasteiger charge is 2.23. The molecule has 2 heteroatoms. The molecule has 1 saturated carbocycles. The molecule has 0 aromatic heterocycles. The predicted octanol–water partition coefficient (Wildman–Crippen LogP) is 2.73. The Balaban J connectivity index is 2.25. The van der Waals surface area contributed by atoms with Crippen molar-refractivity contribution in [2.45, 2.75) is 58.9 Å². The van der Waals surface area contributed by atoms with Crippen LogP contribution < -0.4 is 5.32 Å². The zero-order valence-electron chi connectivity index (χ0n) is 9.68. The fourth-order valence-electron chi connectivity index (χ4n) is 2.31. The van der Waals surface area contributed by atoms with Gasteiger partial charge in [0.1, 0.15) is 0 Å². The minimum absolute atomic E-state index is 0.288. The Labute approximate surface area is 87.5 Å². The Kier molecular flexibility index (Phi) is 4.43. The van der Waals surface area contributed by atoms with E-state index in [1.165, 1.54) is 12.8 Å². The van der Waals surface area contributed by atoms with Gasteiger partial charge in [-0.25, -0.2) is 0 Å². The summed E-state index contributed by atoms with van der Waals surface area (Å²) in [7, 11) is 0. The second-order valence-corrected chi connectivity index (χ2v) is 5.02. The quantitative estimate of drug-likeness (QED) is 0.737. The van der Waals surface area contributed by atoms with Crippen molar-refractivity contribution >= 4 is 5.91 Å². The van der Waals surface area contributed by atoms with Crippen LogP contribution in [0.5, 0.6) is 0 Å². The van der Waals surface area contributed by atoms with Crippen LogP contribution in [0.2, 0.25) is 0 Å². The van der Waals surface area contributed by atoms with Gasteiger partial charge in [-0.3, -0.25) is 4.79 Å². The van der Waals surface area contributed by atoms with Gasteiger partial charge in [-0.2, -0.15) is 0 Å². The Hall–Kier alpha value is -0.530. The standard InChI is InChI=1S/C12H23NO/c1-9(2)8-10(3)13-12(14)11-6-4-5-7-11/h9-11H,4-8H2,1-3H3,(H,13,14)/t10-/m1/s1. The molecule has 0 radical (unpaired) electrons. The molecule has 0 heterocycles. The topological polar surface area (TPSA) is 29.1 Å². The SMILES string of the molecule is CC(C)C[C@@H](C)NC(=O)C1CCCC1. The third-order valence-electron chi connectivity index (χ3n) is 2.94. The first-order valence-corrected chi connectivity index (χ1v) is 5.90. The van der Waals surface area contributed by atoms with Crippen LogP contribution in [0.4, 0.5) is 0 Å². The third kappa shape index (κ3) is 3.69. The van der Waals surface area contributed by atoms with Gasteiger partial charge in [0, 0.05) is 12.0 Å². The number of nitrogens with one attached hydrogen (secondary N) is 1. The molecule has 1 atom stereocenters. The average Bonchev–Trinajstić information content (AvgIpc) is 2.53. The first-order valence-electron chi connectivity index (χ1n) is 5.90. The monoisotopic (exact) mass is 197 g/mol. The van der Waals surface area contributed by atoms with Gasteiger partial charge in [0.2, 0.25) is 5.91 Å². The van der Waals surface area contributed by atoms with E-state index in [1.807, 2.05) is 0 Å². The fraction of sp³-hybridized carbons (Fsp3) is 0.917. The molecule has 1 rings (SSSR count). The van der Waals surface area contributed by atoms with E-state index in [0.29, 0.717) is 17.9 Å². The van der Waals surface area contributed by atoms with E-state index in [0.717, 1.165) is 19.3 Å². The van der Waals surface area contributed by atoms with Crippen molar-refractivity contribution in [1.82, 2.24) is 5.32 Å². The van der Waals surface area contributed by atoms with Gasteiger partial charge >= 0.3 is 0 Å². The van der Waals surface area contributed by atoms with Crippen LogP contribution in [-0.2, 0) is 4.79 Å². The summed E-state index contributed by atoms with van der Waals surface area (Å²) >= 11 is 0. The van der Waals surface area contributed by atoms with Crippen LogP contribution in [0.15, 0.2) is 0 Å². The highest BCUT2D eigenvalue weighted by atomic mass is 16.1. The highest BCUT2D eigenvalue weighted by Crippen LogP contribution is 2.24. The minimum atomic E-state index is 0.288. The number of hydrogen-bond donors (Lipinski definition) is 1. The van der Waals surface area contributed by atoms with Crippen molar-refractivity contribution in [1.29, 1.82) is 0 Å². The summed E-state index contributed by atoms with van der Waals surface area (Å²) in [4.78, 5) is 11.7. The molecule has 1 N–H and O–H groups in total. The molecular weight excluding hydrogens is 174 g/mol. The smallest absolute Gasteiger partial charge is 0.223 e. The Bertz CT molecular complexity index is 183. The van der Waals surface area contributed by atoms with Crippen LogP contribution in [0, 0.1) is 11.8 Å². The first-order chi connectivity index (χ1) is 6.59. The molecule has 0 aromatic rings. The van der Waals surface area contributed by atoms with Gasteiger partial charge in [-0.05, 0) is 32.1 Å². The molecule has 0 aliphatic heterocycles. The summed E-state index contributed by atoms with van der Waals surface area (Å²) in [6.45, 7) is 6.49. The number of amides is 1. The van der Waals surface area contributed by atoms with Crippen LogP contribution in [0.3, 0.4) is 0 Å². The maximum absolute atomic E-state index is 11.7. The molecule has 0 aromatic carbocycles. The lowest BCUT2D eigenvalue weighted by Gasteiger charge is -2.18. The number of hydrogen-bond acceptors (Lipinski definition) is 1. The molecule has 2 nitrogen and oxygen atoms in total. The Morgan fingerprint density at radius 3 is 2.36 bits per heavy atom. The van der Waals surface area contributed by atoms with Gasteiger partial charge in [0.15, 0.2) is 0 Å². The lowest BCUT2D eigenvalue weighted by atomic mass is 10.0. The molecule has 1 aliphatic rings. The molecule has 1 aliphatic carbocycles. The Morgan fingerprint density at radius 1 is 1.29 bits per heavy atom. The molecule has 1 amide bonds. The molecular formula is C12H23NO. The Morgan fingerprint density at radius 2 is 1.86 bits per heavy atom. The maximum Gasteiger partial charge on any atom is 0.223 e. The first kappa shape index (κ1) is 11.5. The van der Waals surface area contributed by atoms with Crippen LogP contribution in [-0.4, -0.2) is 11.9 Å². The van der Waals surface area contributed by atoms with Crippen molar-refractivity contribution in [3.63, 3.8) is 0 Å². The van der Waals surface area contributed by atoms with E-state index >= 15 is 0 Å². The molecule has 14 heavy (non-hydrogen) atoms. The van der Waals surface area contributed by atoms with E-state index in [4.69, 9.17) is 0 Å². The summed E-state index contributed by atoms with van der Waals surface area (Å²) in [5.41, 5.74) is 0. The van der Waals surface area contributed by atoms with Gasteiger partial charge in [0.05, 0.1) is 0 Å². The van der Waals surface area contributed by atoms with E-state index in [-0.39, 0.29) is 5.91 Å². The number of rotatable bonds is 4. The second-order valence-electron chi connectivity index (χ2n) is 5.02. The third-order valence-corrected chi connectivity index (χ3v) is 2.94. The highest BCUT2D eigenvalue weighted by molar-refractivity contribution is 5.79. The molecule has 82 valence electrons. The molecule has 0 saturated heterocycles. The molecule has 0 bridgehead atoms. The lowest BCUT2D eigenvalue weighted by molar-refractivity contribution is -0.125. The minimum Gasteiger partial charge on any atom is -0.353 e. The normalized spacial score (nSPS) is 20.0. The number of carbonyl (C=O) groups excluding carboxylic acids is 1. The summed E-state index contributed by atoms with van der Waals surface area (Å²) in [5.74, 6) is 1.26. The summed E-state index contributed by atoms with van der Waals surface area (Å²) < 4.78 is 0. The van der Waals surface area contributed by atoms with E-state index in [2.05, 4.69) is 26.1 Å².